The number of nitrogens with one attached hydrogen (secondary N) is 2. The molecule has 0 aliphatic carbocycles. The summed E-state index contributed by atoms with van der Waals surface area (Å²) in [4.78, 5) is 35.9. The maximum Gasteiger partial charge on any atom is 0.338 e. The minimum Gasteiger partial charge on any atom is -0.497 e. The number of rotatable bonds is 9. The highest BCUT2D eigenvalue weighted by Crippen LogP contribution is 2.30. The van der Waals surface area contributed by atoms with Crippen molar-refractivity contribution in [2.75, 3.05) is 32.2 Å². The van der Waals surface area contributed by atoms with E-state index in [-0.39, 0.29) is 5.56 Å². The maximum atomic E-state index is 12.0. The summed E-state index contributed by atoms with van der Waals surface area (Å²) in [5, 5.41) is 4.60. The van der Waals surface area contributed by atoms with E-state index >= 15 is 0 Å². The molecule has 0 aromatic heterocycles. The Labute approximate surface area is 174 Å². The number of imide groups is 1. The van der Waals surface area contributed by atoms with Gasteiger partial charge in [0, 0.05) is 11.8 Å². The first-order valence-corrected chi connectivity index (χ1v) is 9.28. The zero-order valence-electron chi connectivity index (χ0n) is 17.0. The molecular weight excluding hydrogens is 392 g/mol. The molecule has 0 spiro atoms. The van der Waals surface area contributed by atoms with Crippen molar-refractivity contribution >= 4 is 23.6 Å². The van der Waals surface area contributed by atoms with Crippen LogP contribution < -0.4 is 24.8 Å². The lowest BCUT2D eigenvalue weighted by Gasteiger charge is -2.13. The van der Waals surface area contributed by atoms with Crippen molar-refractivity contribution in [2.45, 2.75) is 13.8 Å². The summed E-state index contributed by atoms with van der Waals surface area (Å²) in [5.41, 5.74) is 0.630. The van der Waals surface area contributed by atoms with Gasteiger partial charge in [0.2, 0.25) is 0 Å². The highest BCUT2D eigenvalue weighted by Gasteiger charge is 2.14. The van der Waals surface area contributed by atoms with Gasteiger partial charge in [-0.15, -0.1) is 0 Å². The van der Waals surface area contributed by atoms with Gasteiger partial charge >= 0.3 is 12.0 Å². The van der Waals surface area contributed by atoms with Crippen LogP contribution in [-0.2, 0) is 9.53 Å². The Bertz CT molecular complexity index is 899. The summed E-state index contributed by atoms with van der Waals surface area (Å²) in [6.07, 6.45) is 0. The Morgan fingerprint density at radius 3 is 2.37 bits per heavy atom. The van der Waals surface area contributed by atoms with E-state index in [1.165, 1.54) is 19.2 Å². The fraction of sp³-hybridized carbons (Fsp3) is 0.286. The third kappa shape index (κ3) is 6.69. The summed E-state index contributed by atoms with van der Waals surface area (Å²) >= 11 is 0. The second kappa shape index (κ2) is 11.3. The first-order chi connectivity index (χ1) is 14.5. The van der Waals surface area contributed by atoms with Crippen molar-refractivity contribution < 1.29 is 33.3 Å². The molecule has 9 nitrogen and oxygen atoms in total. The number of ether oxygens (including phenoxy) is 4. The van der Waals surface area contributed by atoms with Crippen LogP contribution in [0.15, 0.2) is 42.5 Å². The molecule has 0 radical (unpaired) electrons. The quantitative estimate of drug-likeness (QED) is 0.604. The molecule has 0 saturated carbocycles. The third-order valence-corrected chi connectivity index (χ3v) is 3.69. The summed E-state index contributed by atoms with van der Waals surface area (Å²) in [7, 11) is 1.47. The van der Waals surface area contributed by atoms with Crippen molar-refractivity contribution in [3.8, 4) is 17.2 Å². The van der Waals surface area contributed by atoms with Gasteiger partial charge in [0.1, 0.15) is 5.75 Å². The van der Waals surface area contributed by atoms with Gasteiger partial charge in [-0.1, -0.05) is 6.07 Å². The standard InChI is InChI=1S/C21H24N2O7/c1-4-28-17-10-9-15(12-18(17)29-5-2)22-21(26)23-19(24)13-30-20(25)14-7-6-8-16(11-14)27-3/h6-12H,4-5,13H2,1-3H3,(H2,22,23,24,26). The van der Waals surface area contributed by atoms with Gasteiger partial charge in [-0.05, 0) is 44.2 Å². The topological polar surface area (TPSA) is 112 Å². The second-order valence-corrected chi connectivity index (χ2v) is 5.84. The molecule has 30 heavy (non-hydrogen) atoms. The number of benzene rings is 2. The predicted octanol–water partition coefficient (Wildman–Crippen LogP) is 3.00. The van der Waals surface area contributed by atoms with E-state index in [1.54, 1.807) is 30.3 Å². The number of anilines is 1. The molecule has 2 N–H and O–H groups in total. The Hall–Kier alpha value is -3.75. The van der Waals surface area contributed by atoms with Crippen molar-refractivity contribution in [1.82, 2.24) is 5.32 Å². The molecule has 3 amide bonds. The number of amides is 3. The lowest BCUT2D eigenvalue weighted by atomic mass is 10.2. The van der Waals surface area contributed by atoms with E-state index in [4.69, 9.17) is 18.9 Å². The van der Waals surface area contributed by atoms with Crippen molar-refractivity contribution in [2.24, 2.45) is 0 Å². The van der Waals surface area contributed by atoms with Crippen LogP contribution in [0.25, 0.3) is 0 Å². The monoisotopic (exact) mass is 416 g/mol. The van der Waals surface area contributed by atoms with Gasteiger partial charge in [-0.25, -0.2) is 9.59 Å². The molecule has 0 fully saturated rings. The van der Waals surface area contributed by atoms with Crippen LogP contribution in [-0.4, -0.2) is 44.8 Å². The SMILES string of the molecule is CCOc1ccc(NC(=O)NC(=O)COC(=O)c2cccc(OC)c2)cc1OCC. The lowest BCUT2D eigenvalue weighted by Crippen LogP contribution is -2.37. The van der Waals surface area contributed by atoms with Gasteiger partial charge in [-0.2, -0.15) is 0 Å². The van der Waals surface area contributed by atoms with Crippen LogP contribution in [0.5, 0.6) is 17.2 Å². The largest absolute Gasteiger partial charge is 0.497 e. The fourth-order valence-corrected chi connectivity index (χ4v) is 2.42. The van der Waals surface area contributed by atoms with E-state index in [1.807, 2.05) is 13.8 Å². The van der Waals surface area contributed by atoms with Crippen LogP contribution in [0.1, 0.15) is 24.2 Å². The smallest absolute Gasteiger partial charge is 0.338 e. The molecule has 2 rings (SSSR count). The Morgan fingerprint density at radius 1 is 0.933 bits per heavy atom. The van der Waals surface area contributed by atoms with Gasteiger partial charge < -0.3 is 24.3 Å². The molecule has 0 aliphatic rings. The van der Waals surface area contributed by atoms with Crippen molar-refractivity contribution in [3.05, 3.63) is 48.0 Å². The average molecular weight is 416 g/mol. The molecule has 0 heterocycles. The molecular formula is C21H24N2O7. The Morgan fingerprint density at radius 2 is 1.67 bits per heavy atom. The Kier molecular flexibility index (Phi) is 8.49. The van der Waals surface area contributed by atoms with Crippen LogP contribution in [0, 0.1) is 0 Å². The molecule has 2 aromatic rings. The van der Waals surface area contributed by atoms with Gasteiger partial charge in [0.15, 0.2) is 18.1 Å². The van der Waals surface area contributed by atoms with E-state index < -0.39 is 24.5 Å². The summed E-state index contributed by atoms with van der Waals surface area (Å²) < 4.78 is 20.9. The Balaban J connectivity index is 1.87. The molecule has 0 unspecified atom stereocenters. The van der Waals surface area contributed by atoms with Crippen LogP contribution in [0.4, 0.5) is 10.5 Å². The summed E-state index contributed by atoms with van der Waals surface area (Å²) in [5.74, 6) is 0.00799. The van der Waals surface area contributed by atoms with Gasteiger partial charge in [0.25, 0.3) is 5.91 Å². The van der Waals surface area contributed by atoms with Gasteiger partial charge in [-0.3, -0.25) is 10.1 Å². The highest BCUT2D eigenvalue weighted by molar-refractivity contribution is 6.02. The molecule has 0 bridgehead atoms. The van der Waals surface area contributed by atoms with Crippen molar-refractivity contribution in [1.29, 1.82) is 0 Å². The zero-order valence-corrected chi connectivity index (χ0v) is 17.0. The number of hydrogen-bond donors (Lipinski definition) is 2. The number of carbonyl (C=O) groups excluding carboxylic acids is 3. The third-order valence-electron chi connectivity index (χ3n) is 3.69. The van der Waals surface area contributed by atoms with Crippen LogP contribution in [0.3, 0.4) is 0 Å². The first kappa shape index (κ1) is 22.5. The number of methoxy groups -OCH3 is 1. The highest BCUT2D eigenvalue weighted by atomic mass is 16.5. The molecule has 0 aliphatic heterocycles. The van der Waals surface area contributed by atoms with E-state index in [9.17, 15) is 14.4 Å². The summed E-state index contributed by atoms with van der Waals surface area (Å²) in [6, 6.07) is 10.4. The average Bonchev–Trinajstić information content (AvgIpc) is 2.74. The number of carbonyl (C=O) groups is 3. The van der Waals surface area contributed by atoms with E-state index in [0.29, 0.717) is 36.1 Å². The zero-order chi connectivity index (χ0) is 21.9. The number of hydrogen-bond acceptors (Lipinski definition) is 7. The number of esters is 1. The number of urea groups is 1. The van der Waals surface area contributed by atoms with E-state index in [0.717, 1.165) is 0 Å². The predicted molar refractivity (Wildman–Crippen MR) is 109 cm³/mol. The maximum absolute atomic E-state index is 12.0. The molecule has 2 aromatic carbocycles. The van der Waals surface area contributed by atoms with Crippen LogP contribution in [0.2, 0.25) is 0 Å². The lowest BCUT2D eigenvalue weighted by molar-refractivity contribution is -0.123. The normalized spacial score (nSPS) is 9.97. The minimum atomic E-state index is -0.778. The van der Waals surface area contributed by atoms with E-state index in [2.05, 4.69) is 10.6 Å². The molecule has 0 atom stereocenters. The second-order valence-electron chi connectivity index (χ2n) is 5.84. The minimum absolute atomic E-state index is 0.226. The molecule has 9 heteroatoms. The fourth-order valence-electron chi connectivity index (χ4n) is 2.42. The summed E-state index contributed by atoms with van der Waals surface area (Å²) in [6.45, 7) is 3.95. The van der Waals surface area contributed by atoms with Crippen molar-refractivity contribution in [3.63, 3.8) is 0 Å². The van der Waals surface area contributed by atoms with Crippen LogP contribution >= 0.6 is 0 Å². The first-order valence-electron chi connectivity index (χ1n) is 9.28. The van der Waals surface area contributed by atoms with Gasteiger partial charge in [0.05, 0.1) is 25.9 Å². The molecule has 0 saturated heterocycles. The molecule has 160 valence electrons.